The molecule has 10 heteroatoms. The van der Waals surface area contributed by atoms with Gasteiger partial charge >= 0.3 is 5.97 Å². The van der Waals surface area contributed by atoms with E-state index in [1.807, 2.05) is 12.2 Å². The molecule has 2 N–H and O–H groups in total. The number of halogens is 1. The van der Waals surface area contributed by atoms with Crippen molar-refractivity contribution in [2.45, 2.75) is 69.5 Å². The number of nitrogens with zero attached hydrogens (tertiary/aromatic N) is 1. The fraction of sp³-hybridized carbons (Fsp3) is 0.500. The molecule has 3 aliphatic rings. The Hall–Kier alpha value is -2.91. The molecule has 34 heavy (non-hydrogen) atoms. The van der Waals surface area contributed by atoms with E-state index in [0.717, 1.165) is 0 Å². The summed E-state index contributed by atoms with van der Waals surface area (Å²) < 4.78 is 10.6. The summed E-state index contributed by atoms with van der Waals surface area (Å²) in [5.41, 5.74) is 0.392. The molecule has 2 unspecified atom stereocenters. The third kappa shape index (κ3) is 5.26. The Balaban J connectivity index is 1.48. The Kier molecular flexibility index (Phi) is 7.53. The van der Waals surface area contributed by atoms with Crippen molar-refractivity contribution in [1.29, 1.82) is 0 Å². The van der Waals surface area contributed by atoms with Gasteiger partial charge in [0.15, 0.2) is 0 Å². The maximum absolute atomic E-state index is 13.5. The Morgan fingerprint density at radius 1 is 1.12 bits per heavy atom. The van der Waals surface area contributed by atoms with Crippen molar-refractivity contribution in [1.82, 2.24) is 15.5 Å². The second-order valence-electron chi connectivity index (χ2n) is 8.60. The van der Waals surface area contributed by atoms with Gasteiger partial charge in [-0.25, -0.2) is 0 Å². The van der Waals surface area contributed by atoms with Gasteiger partial charge in [-0.1, -0.05) is 23.8 Å². The maximum atomic E-state index is 13.5. The van der Waals surface area contributed by atoms with E-state index in [-0.39, 0.29) is 30.2 Å². The molecule has 1 aromatic rings. The van der Waals surface area contributed by atoms with E-state index in [1.165, 1.54) is 0 Å². The van der Waals surface area contributed by atoms with Crippen LogP contribution in [0.5, 0.6) is 0 Å². The van der Waals surface area contributed by atoms with E-state index in [9.17, 15) is 19.2 Å². The van der Waals surface area contributed by atoms with Crippen molar-refractivity contribution in [2.24, 2.45) is 0 Å². The van der Waals surface area contributed by atoms with Crippen LogP contribution in [0, 0.1) is 0 Å². The van der Waals surface area contributed by atoms with Gasteiger partial charge in [0, 0.05) is 23.2 Å². The standard InChI is InChI=1S/C24H28ClN3O6/c1-2-33-24-18(13-20(29)34-24)27-22(31)19-12-11-16-5-3-4-6-17(23(32)28(16)19)26-21(30)14-7-9-15(25)10-8-14/h3-4,7-10,16-19,24H,2,5-6,11-13H2,1H3,(H,26,30)(H,27,31)/b4-3-/t16-,17+,18?,19+,24?/m1/s1. The van der Waals surface area contributed by atoms with Crippen LogP contribution < -0.4 is 10.6 Å². The number of benzene rings is 1. The molecule has 9 nitrogen and oxygen atoms in total. The molecular weight excluding hydrogens is 462 g/mol. The number of ether oxygens (including phenoxy) is 2. The molecule has 0 bridgehead atoms. The number of carbonyl (C=O) groups excluding carboxylic acids is 4. The largest absolute Gasteiger partial charge is 0.433 e. The zero-order valence-electron chi connectivity index (χ0n) is 18.9. The van der Waals surface area contributed by atoms with Crippen molar-refractivity contribution in [3.8, 4) is 0 Å². The number of cyclic esters (lactones) is 1. The highest BCUT2D eigenvalue weighted by Crippen LogP contribution is 2.30. The van der Waals surface area contributed by atoms with E-state index >= 15 is 0 Å². The van der Waals surface area contributed by atoms with Gasteiger partial charge < -0.3 is 25.0 Å². The van der Waals surface area contributed by atoms with Gasteiger partial charge in [-0.05, 0) is 56.9 Å². The third-order valence-electron chi connectivity index (χ3n) is 6.34. The van der Waals surface area contributed by atoms with E-state index < -0.39 is 30.4 Å². The molecule has 2 saturated heterocycles. The average Bonchev–Trinajstić information content (AvgIpc) is 3.37. The van der Waals surface area contributed by atoms with Gasteiger partial charge in [0.1, 0.15) is 18.1 Å². The Bertz CT molecular complexity index is 981. The van der Waals surface area contributed by atoms with E-state index in [0.29, 0.717) is 42.9 Å². The molecule has 0 aliphatic carbocycles. The van der Waals surface area contributed by atoms with Gasteiger partial charge in [0.05, 0.1) is 6.42 Å². The van der Waals surface area contributed by atoms with E-state index in [4.69, 9.17) is 21.1 Å². The molecule has 3 aliphatic heterocycles. The maximum Gasteiger partial charge on any atom is 0.310 e. The van der Waals surface area contributed by atoms with Crippen molar-refractivity contribution in [3.05, 3.63) is 47.0 Å². The second kappa shape index (κ2) is 10.6. The van der Waals surface area contributed by atoms with Crippen LogP contribution in [-0.2, 0) is 23.9 Å². The van der Waals surface area contributed by atoms with Gasteiger partial charge in [-0.2, -0.15) is 0 Å². The topological polar surface area (TPSA) is 114 Å². The first-order valence-electron chi connectivity index (χ1n) is 11.5. The van der Waals surface area contributed by atoms with Crippen LogP contribution in [-0.4, -0.2) is 65.7 Å². The number of nitrogens with one attached hydrogen (secondary N) is 2. The monoisotopic (exact) mass is 489 g/mol. The van der Waals surface area contributed by atoms with Crippen LogP contribution in [0.3, 0.4) is 0 Å². The minimum Gasteiger partial charge on any atom is -0.433 e. The molecule has 0 saturated carbocycles. The summed E-state index contributed by atoms with van der Waals surface area (Å²) in [7, 11) is 0. The highest BCUT2D eigenvalue weighted by molar-refractivity contribution is 6.30. The highest BCUT2D eigenvalue weighted by Gasteiger charge is 2.45. The van der Waals surface area contributed by atoms with Crippen molar-refractivity contribution in [3.63, 3.8) is 0 Å². The molecule has 0 spiro atoms. The zero-order valence-corrected chi connectivity index (χ0v) is 19.6. The molecule has 182 valence electrons. The van der Waals surface area contributed by atoms with Gasteiger partial charge in [-0.15, -0.1) is 0 Å². The number of carbonyl (C=O) groups is 4. The van der Waals surface area contributed by atoms with Crippen LogP contribution in [0.15, 0.2) is 36.4 Å². The predicted molar refractivity (Wildman–Crippen MR) is 123 cm³/mol. The fourth-order valence-corrected chi connectivity index (χ4v) is 4.81. The summed E-state index contributed by atoms with van der Waals surface area (Å²) in [5.74, 6) is -1.47. The van der Waals surface area contributed by atoms with Crippen molar-refractivity contribution < 1.29 is 28.7 Å². The van der Waals surface area contributed by atoms with Crippen LogP contribution in [0.25, 0.3) is 0 Å². The Labute approximate surface area is 202 Å². The summed E-state index contributed by atoms with van der Waals surface area (Å²) in [6.07, 6.45) is 5.19. The number of hydrogen-bond acceptors (Lipinski definition) is 6. The fourth-order valence-electron chi connectivity index (χ4n) is 4.68. The summed E-state index contributed by atoms with van der Waals surface area (Å²) in [6, 6.07) is 4.16. The van der Waals surface area contributed by atoms with Crippen LogP contribution >= 0.6 is 11.6 Å². The molecule has 2 fully saturated rings. The van der Waals surface area contributed by atoms with Crippen LogP contribution in [0.4, 0.5) is 0 Å². The number of esters is 1. The SMILES string of the molecule is CCOC1OC(=O)CC1NC(=O)[C@@H]1CC[C@H]2C/C=C\C[C@H](NC(=O)c3ccc(Cl)cc3)C(=O)N21. The first-order chi connectivity index (χ1) is 16.4. The molecule has 4 rings (SSSR count). The van der Waals surface area contributed by atoms with Gasteiger partial charge in [0.2, 0.25) is 18.1 Å². The highest BCUT2D eigenvalue weighted by atomic mass is 35.5. The summed E-state index contributed by atoms with van der Waals surface area (Å²) in [6.45, 7) is 2.11. The minimum absolute atomic E-state index is 0.0169. The van der Waals surface area contributed by atoms with Crippen LogP contribution in [0.2, 0.25) is 5.02 Å². The van der Waals surface area contributed by atoms with Crippen LogP contribution in [0.1, 0.15) is 49.4 Å². The molecule has 5 atom stereocenters. The quantitative estimate of drug-likeness (QED) is 0.466. The third-order valence-corrected chi connectivity index (χ3v) is 6.59. The number of rotatable bonds is 6. The molecule has 3 heterocycles. The lowest BCUT2D eigenvalue weighted by molar-refractivity contribution is -0.164. The number of amides is 3. The zero-order chi connectivity index (χ0) is 24.2. The molecule has 0 aromatic heterocycles. The molecule has 1 aromatic carbocycles. The lowest BCUT2D eigenvalue weighted by Crippen LogP contribution is -2.57. The average molecular weight is 490 g/mol. The molecular formula is C24H28ClN3O6. The smallest absolute Gasteiger partial charge is 0.310 e. The summed E-state index contributed by atoms with van der Waals surface area (Å²) in [5, 5.41) is 6.16. The Morgan fingerprint density at radius 2 is 1.85 bits per heavy atom. The lowest BCUT2D eigenvalue weighted by atomic mass is 10.0. The number of fused-ring (bicyclic) bond motifs is 1. The van der Waals surface area contributed by atoms with Gasteiger partial charge in [-0.3, -0.25) is 19.2 Å². The Morgan fingerprint density at radius 3 is 2.59 bits per heavy atom. The summed E-state index contributed by atoms with van der Waals surface area (Å²) in [4.78, 5) is 52.8. The summed E-state index contributed by atoms with van der Waals surface area (Å²) >= 11 is 5.90. The normalized spacial score (nSPS) is 29.6. The van der Waals surface area contributed by atoms with E-state index in [1.54, 1.807) is 36.1 Å². The van der Waals surface area contributed by atoms with E-state index in [2.05, 4.69) is 10.6 Å². The molecule has 3 amide bonds. The van der Waals surface area contributed by atoms with Crippen molar-refractivity contribution >= 4 is 35.3 Å². The lowest BCUT2D eigenvalue weighted by Gasteiger charge is -2.34. The number of hydrogen-bond donors (Lipinski definition) is 2. The second-order valence-corrected chi connectivity index (χ2v) is 9.04. The predicted octanol–water partition coefficient (Wildman–Crippen LogP) is 1.94. The first kappa shape index (κ1) is 24.2. The molecule has 0 radical (unpaired) electrons. The minimum atomic E-state index is -0.837. The van der Waals surface area contributed by atoms with Crippen molar-refractivity contribution in [2.75, 3.05) is 6.61 Å². The first-order valence-corrected chi connectivity index (χ1v) is 11.9. The van der Waals surface area contributed by atoms with Gasteiger partial charge in [0.25, 0.3) is 5.91 Å².